The maximum Gasteiger partial charge on any atom is 0.241 e. The molecule has 2 rings (SSSR count). The van der Waals surface area contributed by atoms with Gasteiger partial charge in [0.05, 0.1) is 6.10 Å². The third kappa shape index (κ3) is 2.71. The quantitative estimate of drug-likeness (QED) is 0.767. The molecule has 0 radical (unpaired) electrons. The largest absolute Gasteiger partial charge is 0.381 e. The summed E-state index contributed by atoms with van der Waals surface area (Å²) in [5.41, 5.74) is -0.171. The summed E-state index contributed by atoms with van der Waals surface area (Å²) in [5.74, 6) is -0.348. The number of nitrogens with one attached hydrogen (secondary N) is 2. The molecule has 7 heteroatoms. The number of hydrogen-bond acceptors (Lipinski definition) is 5. The molecule has 2 aliphatic rings. The SMILES string of the molecule is COC1CC(NC(=O)C2(S(C)(=O)=O)CCNCC2)C1(C)C. The van der Waals surface area contributed by atoms with E-state index in [1.807, 2.05) is 13.8 Å². The van der Waals surface area contributed by atoms with Gasteiger partial charge in [-0.05, 0) is 32.4 Å². The summed E-state index contributed by atoms with van der Waals surface area (Å²) in [5, 5.41) is 6.08. The molecule has 1 aliphatic heterocycles. The van der Waals surface area contributed by atoms with Gasteiger partial charge < -0.3 is 15.4 Å². The van der Waals surface area contributed by atoms with E-state index in [9.17, 15) is 13.2 Å². The van der Waals surface area contributed by atoms with Gasteiger partial charge in [0, 0.05) is 24.8 Å². The van der Waals surface area contributed by atoms with Gasteiger partial charge in [0.1, 0.15) is 0 Å². The lowest BCUT2D eigenvalue weighted by Gasteiger charge is -2.52. The number of hydrogen-bond donors (Lipinski definition) is 2. The van der Waals surface area contributed by atoms with Gasteiger partial charge in [0.25, 0.3) is 0 Å². The standard InChI is InChI=1S/C14H26N2O4S/c1-13(2)10(9-11(13)20-3)16-12(17)14(21(4,18)19)5-7-15-8-6-14/h10-11,15H,5-9H2,1-4H3,(H,16,17). The number of ether oxygens (including phenoxy) is 1. The van der Waals surface area contributed by atoms with Gasteiger partial charge >= 0.3 is 0 Å². The maximum atomic E-state index is 12.7. The van der Waals surface area contributed by atoms with Gasteiger partial charge in [0.15, 0.2) is 14.6 Å². The Balaban J connectivity index is 2.14. The molecule has 2 N–H and O–H groups in total. The molecule has 1 saturated heterocycles. The number of piperidine rings is 1. The number of carbonyl (C=O) groups excluding carboxylic acids is 1. The molecular formula is C14H26N2O4S. The lowest BCUT2D eigenvalue weighted by molar-refractivity contribution is -0.135. The zero-order valence-electron chi connectivity index (χ0n) is 13.2. The second-order valence-corrected chi connectivity index (χ2v) is 9.15. The van der Waals surface area contributed by atoms with Crippen molar-refractivity contribution < 1.29 is 17.9 Å². The molecule has 2 atom stereocenters. The first-order chi connectivity index (χ1) is 9.65. The summed E-state index contributed by atoms with van der Waals surface area (Å²) in [6, 6.07) is -0.0385. The zero-order valence-corrected chi connectivity index (χ0v) is 14.0. The number of sulfone groups is 1. The van der Waals surface area contributed by atoms with E-state index in [2.05, 4.69) is 10.6 Å². The van der Waals surface area contributed by atoms with Crippen molar-refractivity contribution in [2.75, 3.05) is 26.5 Å². The van der Waals surface area contributed by atoms with Gasteiger partial charge in [-0.3, -0.25) is 4.79 Å². The van der Waals surface area contributed by atoms with Gasteiger partial charge in [-0.15, -0.1) is 0 Å². The van der Waals surface area contributed by atoms with Crippen molar-refractivity contribution in [2.24, 2.45) is 5.41 Å². The fraction of sp³-hybridized carbons (Fsp3) is 0.929. The Kier molecular flexibility index (Phi) is 4.39. The summed E-state index contributed by atoms with van der Waals surface area (Å²) in [7, 11) is -1.79. The molecule has 1 amide bonds. The van der Waals surface area contributed by atoms with Gasteiger partial charge in [-0.2, -0.15) is 0 Å². The summed E-state index contributed by atoms with van der Waals surface area (Å²) >= 11 is 0. The normalized spacial score (nSPS) is 31.2. The molecule has 1 saturated carbocycles. The fourth-order valence-electron chi connectivity index (χ4n) is 3.42. The molecule has 0 aromatic rings. The molecule has 2 fully saturated rings. The average molecular weight is 318 g/mol. The fourth-order valence-corrected chi connectivity index (χ4v) is 4.76. The summed E-state index contributed by atoms with van der Waals surface area (Å²) < 4.78 is 28.5. The van der Waals surface area contributed by atoms with Crippen molar-refractivity contribution in [3.05, 3.63) is 0 Å². The lowest BCUT2D eigenvalue weighted by atomic mass is 9.64. The van der Waals surface area contributed by atoms with Crippen LogP contribution >= 0.6 is 0 Å². The lowest BCUT2D eigenvalue weighted by Crippen LogP contribution is -2.66. The molecule has 2 unspecified atom stereocenters. The summed E-state index contributed by atoms with van der Waals surface area (Å²) in [4.78, 5) is 12.7. The van der Waals surface area contributed by atoms with Crippen LogP contribution in [0.5, 0.6) is 0 Å². The van der Waals surface area contributed by atoms with Crippen molar-refractivity contribution in [3.63, 3.8) is 0 Å². The second kappa shape index (κ2) is 5.52. The van der Waals surface area contributed by atoms with Crippen LogP contribution in [0.4, 0.5) is 0 Å². The molecule has 21 heavy (non-hydrogen) atoms. The first-order valence-electron chi connectivity index (χ1n) is 7.39. The van der Waals surface area contributed by atoms with Gasteiger partial charge in [0.2, 0.25) is 5.91 Å². The third-order valence-electron chi connectivity index (χ3n) is 5.30. The van der Waals surface area contributed by atoms with Crippen LogP contribution in [0.2, 0.25) is 0 Å². The van der Waals surface area contributed by atoms with Crippen LogP contribution in [-0.4, -0.2) is 57.7 Å². The minimum atomic E-state index is -3.46. The van der Waals surface area contributed by atoms with Crippen LogP contribution in [0.25, 0.3) is 0 Å². The Labute approximate surface area is 126 Å². The van der Waals surface area contributed by atoms with E-state index in [0.29, 0.717) is 25.9 Å². The molecule has 122 valence electrons. The smallest absolute Gasteiger partial charge is 0.241 e. The predicted octanol–water partition coefficient (Wildman–Crippen LogP) is 0.0829. The highest BCUT2D eigenvalue weighted by molar-refractivity contribution is 7.92. The first kappa shape index (κ1) is 16.7. The molecule has 6 nitrogen and oxygen atoms in total. The minimum absolute atomic E-state index is 0.0385. The molecule has 0 spiro atoms. The van der Waals surface area contributed by atoms with Crippen LogP contribution in [0.3, 0.4) is 0 Å². The minimum Gasteiger partial charge on any atom is -0.381 e. The number of rotatable bonds is 4. The highest BCUT2D eigenvalue weighted by atomic mass is 32.2. The van der Waals surface area contributed by atoms with Crippen LogP contribution in [0.1, 0.15) is 33.1 Å². The predicted molar refractivity (Wildman–Crippen MR) is 80.8 cm³/mol. The Morgan fingerprint density at radius 1 is 1.29 bits per heavy atom. The van der Waals surface area contributed by atoms with E-state index in [1.54, 1.807) is 7.11 Å². The number of carbonyl (C=O) groups is 1. The van der Waals surface area contributed by atoms with E-state index in [0.717, 1.165) is 6.42 Å². The van der Waals surface area contributed by atoms with E-state index < -0.39 is 14.6 Å². The molecule has 1 aliphatic carbocycles. The summed E-state index contributed by atoms with van der Waals surface area (Å²) in [6.45, 7) is 5.17. The Hall–Kier alpha value is -0.660. The number of amides is 1. The van der Waals surface area contributed by atoms with Crippen LogP contribution in [0.15, 0.2) is 0 Å². The Morgan fingerprint density at radius 2 is 1.86 bits per heavy atom. The third-order valence-corrected chi connectivity index (χ3v) is 7.32. The topological polar surface area (TPSA) is 84.5 Å². The van der Waals surface area contributed by atoms with E-state index in [4.69, 9.17) is 4.74 Å². The second-order valence-electron chi connectivity index (χ2n) is 6.82. The van der Waals surface area contributed by atoms with Crippen molar-refractivity contribution in [2.45, 2.75) is 50.0 Å². The van der Waals surface area contributed by atoms with Crippen molar-refractivity contribution in [1.82, 2.24) is 10.6 Å². The molecule has 0 aromatic carbocycles. The van der Waals surface area contributed by atoms with Crippen molar-refractivity contribution >= 4 is 15.7 Å². The van der Waals surface area contributed by atoms with E-state index >= 15 is 0 Å². The summed E-state index contributed by atoms with van der Waals surface area (Å²) in [6.07, 6.45) is 2.66. The molecule has 0 bridgehead atoms. The number of methoxy groups -OCH3 is 1. The molecule has 0 aromatic heterocycles. The molecular weight excluding hydrogens is 292 g/mol. The van der Waals surface area contributed by atoms with Crippen molar-refractivity contribution in [3.8, 4) is 0 Å². The van der Waals surface area contributed by atoms with Crippen LogP contribution in [0, 0.1) is 5.41 Å². The first-order valence-corrected chi connectivity index (χ1v) is 9.28. The maximum absolute atomic E-state index is 12.7. The van der Waals surface area contributed by atoms with Gasteiger partial charge in [-0.1, -0.05) is 13.8 Å². The Morgan fingerprint density at radius 3 is 2.29 bits per heavy atom. The monoisotopic (exact) mass is 318 g/mol. The highest BCUT2D eigenvalue weighted by Crippen LogP contribution is 2.43. The van der Waals surface area contributed by atoms with Crippen LogP contribution < -0.4 is 10.6 Å². The molecule has 1 heterocycles. The van der Waals surface area contributed by atoms with Gasteiger partial charge in [-0.25, -0.2) is 8.42 Å². The Bertz CT molecular complexity index is 509. The van der Waals surface area contributed by atoms with E-state index in [-0.39, 0.29) is 23.5 Å². The van der Waals surface area contributed by atoms with Crippen LogP contribution in [-0.2, 0) is 19.4 Å². The zero-order chi connectivity index (χ0) is 15.9. The average Bonchev–Trinajstić information content (AvgIpc) is 2.42. The van der Waals surface area contributed by atoms with Crippen molar-refractivity contribution in [1.29, 1.82) is 0 Å². The highest BCUT2D eigenvalue weighted by Gasteiger charge is 2.54. The van der Waals surface area contributed by atoms with E-state index in [1.165, 1.54) is 6.26 Å².